The fraction of sp³-hybridized carbons (Fsp3) is 0.455. The van der Waals surface area contributed by atoms with E-state index in [4.69, 9.17) is 30.5 Å². The van der Waals surface area contributed by atoms with E-state index in [-0.39, 0.29) is 30.4 Å². The molecule has 6 atom stereocenters. The van der Waals surface area contributed by atoms with Crippen LogP contribution in [-0.4, -0.2) is 69.8 Å². The Morgan fingerprint density at radius 2 is 2.03 bits per heavy atom. The lowest BCUT2D eigenvalue weighted by Gasteiger charge is -2.26. The second-order valence-corrected chi connectivity index (χ2v) is 8.94. The minimum atomic E-state index is -0.729. The van der Waals surface area contributed by atoms with Crippen molar-refractivity contribution in [3.63, 3.8) is 0 Å². The molecule has 2 unspecified atom stereocenters. The van der Waals surface area contributed by atoms with Crippen LogP contribution in [0.1, 0.15) is 20.1 Å². The summed E-state index contributed by atoms with van der Waals surface area (Å²) in [6.07, 6.45) is 11.4. The molecular formula is C22H22ClN5O4. The first-order valence-electron chi connectivity index (χ1n) is 10.5. The van der Waals surface area contributed by atoms with Crippen LogP contribution in [0.5, 0.6) is 0 Å². The molecule has 6 heterocycles. The Morgan fingerprint density at radius 1 is 1.16 bits per heavy atom. The molecule has 2 fully saturated rings. The first kappa shape index (κ1) is 20.0. The molecular weight excluding hydrogens is 434 g/mol. The Bertz CT molecular complexity index is 1170. The normalized spacial score (nSPS) is 34.5. The van der Waals surface area contributed by atoms with Crippen LogP contribution in [0, 0.1) is 0 Å². The van der Waals surface area contributed by atoms with Crippen LogP contribution in [0.3, 0.4) is 0 Å². The highest BCUT2D eigenvalue weighted by molar-refractivity contribution is 6.33. The van der Waals surface area contributed by atoms with E-state index < -0.39 is 12.0 Å². The molecule has 4 aliphatic rings. The van der Waals surface area contributed by atoms with Crippen molar-refractivity contribution < 1.29 is 18.9 Å². The molecule has 9 nitrogen and oxygen atoms in total. The Labute approximate surface area is 189 Å². The van der Waals surface area contributed by atoms with Gasteiger partial charge in [0.2, 0.25) is 0 Å². The summed E-state index contributed by atoms with van der Waals surface area (Å²) in [6, 6.07) is 1.87. The quantitative estimate of drug-likeness (QED) is 0.658. The minimum absolute atomic E-state index is 0.0343. The van der Waals surface area contributed by atoms with Gasteiger partial charge in [-0.3, -0.25) is 9.98 Å². The van der Waals surface area contributed by atoms with Crippen molar-refractivity contribution in [2.75, 3.05) is 6.61 Å². The van der Waals surface area contributed by atoms with Crippen molar-refractivity contribution in [2.45, 2.75) is 56.3 Å². The van der Waals surface area contributed by atoms with Gasteiger partial charge in [0.15, 0.2) is 12.0 Å². The van der Waals surface area contributed by atoms with E-state index in [1.807, 2.05) is 48.9 Å². The lowest BCUT2D eigenvalue weighted by Crippen LogP contribution is -2.33. The molecule has 0 radical (unpaired) electrons. The Morgan fingerprint density at radius 3 is 2.94 bits per heavy atom. The van der Waals surface area contributed by atoms with E-state index in [1.54, 1.807) is 12.4 Å². The first-order valence-corrected chi connectivity index (χ1v) is 10.9. The maximum absolute atomic E-state index is 6.38. The fourth-order valence-electron chi connectivity index (χ4n) is 4.59. The number of fused-ring (bicyclic) bond motifs is 3. The zero-order valence-electron chi connectivity index (χ0n) is 17.5. The van der Waals surface area contributed by atoms with Crippen molar-refractivity contribution in [3.05, 3.63) is 47.7 Å². The summed E-state index contributed by atoms with van der Waals surface area (Å²) in [4.78, 5) is 17.4. The third-order valence-corrected chi connectivity index (χ3v) is 6.29. The molecule has 0 bridgehead atoms. The summed E-state index contributed by atoms with van der Waals surface area (Å²) >= 11 is 6.23. The molecule has 166 valence electrons. The summed E-state index contributed by atoms with van der Waals surface area (Å²) in [7, 11) is 0. The van der Waals surface area contributed by atoms with Gasteiger partial charge in [-0.2, -0.15) is 0 Å². The lowest BCUT2D eigenvalue weighted by atomic mass is 10.0. The lowest BCUT2D eigenvalue weighted by molar-refractivity contribution is -0.200. The van der Waals surface area contributed by atoms with E-state index in [1.165, 1.54) is 6.33 Å². The van der Waals surface area contributed by atoms with Gasteiger partial charge >= 0.3 is 0 Å². The third-order valence-electron chi connectivity index (χ3n) is 5.99. The van der Waals surface area contributed by atoms with Crippen molar-refractivity contribution in [3.8, 4) is 0 Å². The second kappa shape index (κ2) is 7.48. The van der Waals surface area contributed by atoms with Gasteiger partial charge in [0.1, 0.15) is 47.8 Å². The SMILES string of the molecule is CC1(C)O[C@@H]2[C@H](O1)[C@@H](COC1=CC3N=CC=CC3N=C1)O[C@H]2n1ccc2c(Cl)ncnc21. The van der Waals surface area contributed by atoms with Crippen molar-refractivity contribution >= 4 is 35.1 Å². The average Bonchev–Trinajstić information content (AvgIpc) is 3.44. The number of nitrogens with zero attached hydrogens (tertiary/aromatic N) is 5. The molecule has 2 saturated heterocycles. The van der Waals surface area contributed by atoms with Crippen LogP contribution in [0.2, 0.25) is 5.15 Å². The molecule has 4 aliphatic heterocycles. The monoisotopic (exact) mass is 455 g/mol. The number of rotatable bonds is 4. The number of halogens is 1. The van der Waals surface area contributed by atoms with E-state index in [9.17, 15) is 0 Å². The highest BCUT2D eigenvalue weighted by Crippen LogP contribution is 2.44. The highest BCUT2D eigenvalue weighted by Gasteiger charge is 2.56. The van der Waals surface area contributed by atoms with Gasteiger partial charge in [0.25, 0.3) is 0 Å². The standard InChI is InChI=1S/C22H22ClN5O4/c1-22(2)31-17-16(10-29-12-8-15-14(25-9-12)4-3-6-24-15)30-21(18(17)32-22)28-7-5-13-19(23)26-11-27-20(13)28/h3-9,11,14-18,21H,10H2,1-2H3/t14?,15?,16-,17-,18-,21-/m1/s1. The number of aromatic nitrogens is 3. The van der Waals surface area contributed by atoms with Crippen LogP contribution in [0.4, 0.5) is 0 Å². The van der Waals surface area contributed by atoms with Crippen molar-refractivity contribution in [1.29, 1.82) is 0 Å². The molecule has 0 aliphatic carbocycles. The number of dihydropyridines is 2. The van der Waals surface area contributed by atoms with Gasteiger partial charge in [0, 0.05) is 12.4 Å². The molecule has 0 amide bonds. The number of aliphatic imine (C=N–C) groups is 2. The number of allylic oxidation sites excluding steroid dienone is 2. The van der Waals surface area contributed by atoms with E-state index >= 15 is 0 Å². The predicted molar refractivity (Wildman–Crippen MR) is 118 cm³/mol. The zero-order chi connectivity index (χ0) is 21.9. The smallest absolute Gasteiger partial charge is 0.164 e. The molecule has 10 heteroatoms. The third kappa shape index (κ3) is 3.36. The summed E-state index contributed by atoms with van der Waals surface area (Å²) in [6.45, 7) is 4.09. The van der Waals surface area contributed by atoms with Crippen LogP contribution < -0.4 is 0 Å². The minimum Gasteiger partial charge on any atom is -0.489 e. The van der Waals surface area contributed by atoms with Gasteiger partial charge in [-0.25, -0.2) is 9.97 Å². The van der Waals surface area contributed by atoms with E-state index in [2.05, 4.69) is 20.0 Å². The van der Waals surface area contributed by atoms with Crippen molar-refractivity contribution in [2.24, 2.45) is 9.98 Å². The summed E-state index contributed by atoms with van der Waals surface area (Å²) < 4.78 is 26.8. The molecule has 32 heavy (non-hydrogen) atoms. The molecule has 0 aromatic carbocycles. The predicted octanol–water partition coefficient (Wildman–Crippen LogP) is 2.86. The summed E-state index contributed by atoms with van der Waals surface area (Å²) in [5.41, 5.74) is 0.681. The molecule has 0 saturated carbocycles. The van der Waals surface area contributed by atoms with Crippen LogP contribution in [-0.2, 0) is 18.9 Å². The van der Waals surface area contributed by atoms with Gasteiger partial charge in [-0.05, 0) is 32.1 Å². The van der Waals surface area contributed by atoms with Gasteiger partial charge in [-0.1, -0.05) is 17.7 Å². The maximum Gasteiger partial charge on any atom is 0.164 e. The Balaban J connectivity index is 1.24. The number of ether oxygens (including phenoxy) is 4. The first-order chi connectivity index (χ1) is 15.5. The molecule has 2 aromatic heterocycles. The van der Waals surface area contributed by atoms with Crippen LogP contribution in [0.25, 0.3) is 11.0 Å². The maximum atomic E-state index is 6.38. The van der Waals surface area contributed by atoms with Gasteiger partial charge in [-0.15, -0.1) is 0 Å². The molecule has 0 N–H and O–H groups in total. The van der Waals surface area contributed by atoms with Crippen LogP contribution >= 0.6 is 11.6 Å². The topological polar surface area (TPSA) is 92.3 Å². The largest absolute Gasteiger partial charge is 0.489 e. The average molecular weight is 456 g/mol. The fourth-order valence-corrected chi connectivity index (χ4v) is 4.78. The number of hydrogen-bond donors (Lipinski definition) is 0. The summed E-state index contributed by atoms with van der Waals surface area (Å²) in [5, 5.41) is 1.15. The highest BCUT2D eigenvalue weighted by atomic mass is 35.5. The second-order valence-electron chi connectivity index (χ2n) is 8.58. The summed E-state index contributed by atoms with van der Waals surface area (Å²) in [5.74, 6) is -0.0564. The molecule has 0 spiro atoms. The van der Waals surface area contributed by atoms with Gasteiger partial charge in [0.05, 0.1) is 23.7 Å². The molecule has 6 rings (SSSR count). The number of hydrogen-bond acceptors (Lipinski definition) is 8. The molecule has 2 aromatic rings. The zero-order valence-corrected chi connectivity index (χ0v) is 18.3. The van der Waals surface area contributed by atoms with Crippen LogP contribution in [0.15, 0.2) is 52.6 Å². The van der Waals surface area contributed by atoms with E-state index in [0.29, 0.717) is 23.2 Å². The van der Waals surface area contributed by atoms with Crippen molar-refractivity contribution in [1.82, 2.24) is 14.5 Å². The Kier molecular flexibility index (Phi) is 4.69. The van der Waals surface area contributed by atoms with Gasteiger partial charge < -0.3 is 23.5 Å². The van der Waals surface area contributed by atoms with E-state index in [0.717, 1.165) is 5.39 Å². The Hall–Kier alpha value is -2.59.